The van der Waals surface area contributed by atoms with Gasteiger partial charge in [-0.25, -0.2) is 28.5 Å². The van der Waals surface area contributed by atoms with Crippen LogP contribution in [0.4, 0.5) is 30.9 Å². The normalized spacial score (nSPS) is 10.4. The van der Waals surface area contributed by atoms with Crippen LogP contribution in [0, 0.1) is 23.0 Å². The van der Waals surface area contributed by atoms with Crippen LogP contribution in [0.25, 0.3) is 11.3 Å². The van der Waals surface area contributed by atoms with Crippen LogP contribution < -0.4 is 16.0 Å². The van der Waals surface area contributed by atoms with E-state index in [1.165, 1.54) is 12.3 Å². The molecule has 0 aliphatic heterocycles. The van der Waals surface area contributed by atoms with Crippen molar-refractivity contribution in [3.8, 4) is 17.3 Å². The molecule has 0 aliphatic rings. The molecule has 3 N–H and O–H groups in total. The van der Waals surface area contributed by atoms with E-state index in [1.807, 2.05) is 6.07 Å². The van der Waals surface area contributed by atoms with Crippen molar-refractivity contribution >= 4 is 52.6 Å². The predicted octanol–water partition coefficient (Wildman–Crippen LogP) is 5.53. The lowest BCUT2D eigenvalue weighted by molar-refractivity contribution is -0.117. The van der Waals surface area contributed by atoms with E-state index >= 15 is 0 Å². The zero-order valence-electron chi connectivity index (χ0n) is 19.2. The van der Waals surface area contributed by atoms with Gasteiger partial charge in [-0.3, -0.25) is 15.4 Å². The Morgan fingerprint density at radius 1 is 1.03 bits per heavy atom. The Kier molecular flexibility index (Phi) is 8.42. The fourth-order valence-electron chi connectivity index (χ4n) is 3.12. The van der Waals surface area contributed by atoms with E-state index in [9.17, 15) is 23.6 Å². The van der Waals surface area contributed by atoms with Crippen molar-refractivity contribution in [2.75, 3.05) is 16.4 Å². The summed E-state index contributed by atoms with van der Waals surface area (Å²) in [6.07, 6.45) is 1.48. The summed E-state index contributed by atoms with van der Waals surface area (Å²) in [5, 5.41) is 17.8. The topological polar surface area (TPSA) is 133 Å². The number of nitrogens with zero attached hydrogens (tertiary/aromatic N) is 4. The van der Waals surface area contributed by atoms with Crippen LogP contribution in [-0.2, 0) is 4.79 Å². The number of benzene rings is 2. The molecule has 2 aromatic heterocycles. The van der Waals surface area contributed by atoms with Gasteiger partial charge in [0.25, 0.3) is 0 Å². The van der Waals surface area contributed by atoms with Gasteiger partial charge in [-0.1, -0.05) is 41.6 Å². The lowest BCUT2D eigenvalue weighted by atomic mass is 10.1. The Morgan fingerprint density at radius 2 is 1.82 bits per heavy atom. The molecule has 0 fully saturated rings. The number of halogens is 3. The molecular formula is C25H16ClF2N7O2S. The van der Waals surface area contributed by atoms with E-state index in [1.54, 1.807) is 42.5 Å². The summed E-state index contributed by atoms with van der Waals surface area (Å²) >= 11 is 7.09. The van der Waals surface area contributed by atoms with Gasteiger partial charge in [-0.05, 0) is 42.5 Å². The highest BCUT2D eigenvalue weighted by Gasteiger charge is 2.20. The van der Waals surface area contributed by atoms with Gasteiger partial charge in [0.2, 0.25) is 5.91 Å². The molecule has 0 radical (unpaired) electrons. The molecule has 3 amide bonds. The number of rotatable bonds is 7. The van der Waals surface area contributed by atoms with E-state index in [4.69, 9.17) is 11.6 Å². The quantitative estimate of drug-likeness (QED) is 0.202. The SMILES string of the molecule is N#Cc1c(Nc2ccccc2Cl)nc(SCC(=O)NC(=O)Nc2ccccn2)nc1-c1ccc(F)c(F)c1. The molecule has 0 bridgehead atoms. The van der Waals surface area contributed by atoms with Crippen molar-refractivity contribution in [3.05, 3.63) is 89.1 Å². The number of thioether (sulfide) groups is 1. The number of amides is 3. The average molecular weight is 552 g/mol. The number of carbonyl (C=O) groups excluding carboxylic acids is 2. The van der Waals surface area contributed by atoms with Crippen molar-refractivity contribution in [3.63, 3.8) is 0 Å². The van der Waals surface area contributed by atoms with Gasteiger partial charge in [-0.2, -0.15) is 5.26 Å². The number of para-hydroxylation sites is 1. The van der Waals surface area contributed by atoms with E-state index in [-0.39, 0.29) is 39.4 Å². The third-order valence-corrected chi connectivity index (χ3v) is 5.99. The third kappa shape index (κ3) is 6.58. The van der Waals surface area contributed by atoms with Gasteiger partial charge in [0, 0.05) is 11.8 Å². The van der Waals surface area contributed by atoms with E-state index in [0.717, 1.165) is 23.9 Å². The van der Waals surface area contributed by atoms with Crippen LogP contribution in [0.5, 0.6) is 0 Å². The zero-order valence-corrected chi connectivity index (χ0v) is 20.8. The van der Waals surface area contributed by atoms with Crippen LogP contribution in [0.3, 0.4) is 0 Å². The van der Waals surface area contributed by atoms with Crippen molar-refractivity contribution in [1.82, 2.24) is 20.3 Å². The smallest absolute Gasteiger partial charge is 0.327 e. The average Bonchev–Trinajstić information content (AvgIpc) is 2.90. The van der Waals surface area contributed by atoms with Crippen LogP contribution >= 0.6 is 23.4 Å². The molecule has 0 aliphatic carbocycles. The Hall–Kier alpha value is -4.60. The van der Waals surface area contributed by atoms with Gasteiger partial charge in [0.1, 0.15) is 17.5 Å². The zero-order chi connectivity index (χ0) is 27.1. The Morgan fingerprint density at radius 3 is 2.53 bits per heavy atom. The van der Waals surface area contributed by atoms with Gasteiger partial charge < -0.3 is 5.32 Å². The summed E-state index contributed by atoms with van der Waals surface area (Å²) in [5.74, 6) is -2.83. The number of pyridine rings is 1. The first kappa shape index (κ1) is 26.5. The maximum absolute atomic E-state index is 14.0. The van der Waals surface area contributed by atoms with E-state index in [0.29, 0.717) is 10.7 Å². The molecule has 0 saturated carbocycles. The van der Waals surface area contributed by atoms with Gasteiger partial charge in [-0.15, -0.1) is 0 Å². The molecule has 2 aromatic carbocycles. The van der Waals surface area contributed by atoms with Crippen LogP contribution in [0.15, 0.2) is 72.0 Å². The highest BCUT2D eigenvalue weighted by Crippen LogP contribution is 2.33. The molecule has 4 aromatic rings. The molecule has 38 heavy (non-hydrogen) atoms. The predicted molar refractivity (Wildman–Crippen MR) is 139 cm³/mol. The molecule has 0 spiro atoms. The molecule has 190 valence electrons. The maximum atomic E-state index is 14.0. The second-order valence-electron chi connectivity index (χ2n) is 7.43. The summed E-state index contributed by atoms with van der Waals surface area (Å²) in [7, 11) is 0. The summed E-state index contributed by atoms with van der Waals surface area (Å²) < 4.78 is 27.6. The number of urea groups is 1. The molecule has 13 heteroatoms. The Labute approximate surface area is 224 Å². The first-order chi connectivity index (χ1) is 18.3. The van der Waals surface area contributed by atoms with Crippen LogP contribution in [-0.4, -0.2) is 32.6 Å². The maximum Gasteiger partial charge on any atom is 0.327 e. The van der Waals surface area contributed by atoms with Crippen molar-refractivity contribution in [2.45, 2.75) is 5.16 Å². The minimum atomic E-state index is -1.13. The first-order valence-corrected chi connectivity index (χ1v) is 12.1. The molecule has 2 heterocycles. The number of aromatic nitrogens is 3. The fourth-order valence-corrected chi connectivity index (χ4v) is 3.95. The Balaban J connectivity index is 1.60. The summed E-state index contributed by atoms with van der Waals surface area (Å²) in [6, 6.07) is 15.9. The molecule has 0 atom stereocenters. The van der Waals surface area contributed by atoms with Crippen molar-refractivity contribution in [2.24, 2.45) is 0 Å². The van der Waals surface area contributed by atoms with Gasteiger partial charge >= 0.3 is 6.03 Å². The lowest BCUT2D eigenvalue weighted by Crippen LogP contribution is -2.35. The molecule has 0 unspecified atom stereocenters. The summed E-state index contributed by atoms with van der Waals surface area (Å²) in [6.45, 7) is 0. The fraction of sp³-hybridized carbons (Fsp3) is 0.0400. The van der Waals surface area contributed by atoms with Gasteiger partial charge in [0.05, 0.1) is 22.2 Å². The highest BCUT2D eigenvalue weighted by molar-refractivity contribution is 7.99. The van der Waals surface area contributed by atoms with Crippen molar-refractivity contribution < 1.29 is 18.4 Å². The lowest BCUT2D eigenvalue weighted by Gasteiger charge is -2.14. The van der Waals surface area contributed by atoms with Crippen LogP contribution in [0.2, 0.25) is 5.02 Å². The number of nitrogens with one attached hydrogen (secondary N) is 3. The number of hydrogen-bond acceptors (Lipinski definition) is 8. The first-order valence-electron chi connectivity index (χ1n) is 10.8. The number of hydrogen-bond donors (Lipinski definition) is 3. The highest BCUT2D eigenvalue weighted by atomic mass is 35.5. The number of carbonyl (C=O) groups is 2. The minimum absolute atomic E-state index is 0.00626. The molecule has 0 saturated heterocycles. The largest absolute Gasteiger partial charge is 0.338 e. The van der Waals surface area contributed by atoms with Gasteiger partial charge in [0.15, 0.2) is 22.6 Å². The number of nitriles is 1. The Bertz CT molecular complexity index is 1550. The number of anilines is 3. The van der Waals surface area contributed by atoms with E-state index in [2.05, 4.69) is 30.9 Å². The minimum Gasteiger partial charge on any atom is -0.338 e. The van der Waals surface area contributed by atoms with E-state index < -0.39 is 23.6 Å². The third-order valence-electron chi connectivity index (χ3n) is 4.81. The monoisotopic (exact) mass is 551 g/mol. The summed E-state index contributed by atoms with van der Waals surface area (Å²) in [5.41, 5.74) is 0.498. The van der Waals surface area contributed by atoms with Crippen LogP contribution in [0.1, 0.15) is 5.56 Å². The second kappa shape index (κ2) is 12.1. The van der Waals surface area contributed by atoms with Crippen molar-refractivity contribution in [1.29, 1.82) is 5.26 Å². The molecular weight excluding hydrogens is 536 g/mol. The molecule has 9 nitrogen and oxygen atoms in total. The number of imide groups is 1. The molecule has 4 rings (SSSR count). The standard InChI is InChI=1S/C25H16ClF2N7O2S/c26-16-5-1-2-6-19(16)31-23-15(12-29)22(14-8-9-17(27)18(28)11-14)34-25(35-23)38-13-21(36)33-24(37)32-20-7-3-4-10-30-20/h1-11H,13H2,(H,31,34,35)(H2,30,32,33,36,37). The summed E-state index contributed by atoms with van der Waals surface area (Å²) in [4.78, 5) is 37.0. The second-order valence-corrected chi connectivity index (χ2v) is 8.78.